The quantitative estimate of drug-likeness (QED) is 0.484. The summed E-state index contributed by atoms with van der Waals surface area (Å²) in [5, 5.41) is 7.80. The van der Waals surface area contributed by atoms with Crippen molar-refractivity contribution in [2.45, 2.75) is 33.1 Å². The number of hydrogen-bond donors (Lipinski definition) is 2. The number of morpholine rings is 1. The number of aromatic nitrogens is 1. The minimum atomic E-state index is -0.306. The van der Waals surface area contributed by atoms with Gasteiger partial charge in [0, 0.05) is 37.5 Å². The summed E-state index contributed by atoms with van der Waals surface area (Å²) in [5.74, 6) is 0.532. The lowest BCUT2D eigenvalue weighted by atomic mass is 9.97. The van der Waals surface area contributed by atoms with Crippen molar-refractivity contribution < 1.29 is 9.53 Å². The van der Waals surface area contributed by atoms with Crippen molar-refractivity contribution in [1.82, 2.24) is 20.5 Å². The Morgan fingerprint density at radius 1 is 1.23 bits per heavy atom. The van der Waals surface area contributed by atoms with Crippen molar-refractivity contribution >= 4 is 23.2 Å². The molecule has 8 heteroatoms. The van der Waals surface area contributed by atoms with Crippen molar-refractivity contribution in [3.63, 3.8) is 0 Å². The van der Waals surface area contributed by atoms with Gasteiger partial charge >= 0.3 is 0 Å². The lowest BCUT2D eigenvalue weighted by molar-refractivity contribution is -0.136. The molecule has 1 atom stereocenters. The molecule has 3 rings (SSSR count). The summed E-state index contributed by atoms with van der Waals surface area (Å²) in [4.78, 5) is 25.8. The molecule has 0 radical (unpaired) electrons. The average molecular weight is 444 g/mol. The van der Waals surface area contributed by atoms with Crippen LogP contribution in [0.3, 0.4) is 0 Å². The predicted octanol–water partition coefficient (Wildman–Crippen LogP) is 2.50. The van der Waals surface area contributed by atoms with Crippen LogP contribution in [0, 0.1) is 13.8 Å². The summed E-state index contributed by atoms with van der Waals surface area (Å²) in [6, 6.07) is 9.93. The van der Waals surface area contributed by atoms with E-state index < -0.39 is 0 Å². The van der Waals surface area contributed by atoms with Gasteiger partial charge in [-0.2, -0.15) is 0 Å². The molecule has 1 aliphatic heterocycles. The van der Waals surface area contributed by atoms with E-state index in [4.69, 9.17) is 9.73 Å². The number of hydrogen-bond acceptors (Lipinski definition) is 5. The number of guanidine groups is 1. The number of aliphatic imine (C=N–C) groups is 1. The number of nitrogens with one attached hydrogen (secondary N) is 2. The molecule has 1 amide bonds. The summed E-state index contributed by atoms with van der Waals surface area (Å²) in [5.41, 5.74) is 2.10. The predicted molar refractivity (Wildman–Crippen MR) is 126 cm³/mol. The first-order chi connectivity index (χ1) is 15.1. The number of ether oxygens (including phenoxy) is 1. The van der Waals surface area contributed by atoms with Crippen LogP contribution in [0.5, 0.6) is 0 Å². The first kappa shape index (κ1) is 23.2. The number of carbonyl (C=O) groups excluding carboxylic acids is 1. The molecule has 1 saturated heterocycles. The van der Waals surface area contributed by atoms with Gasteiger partial charge in [0.25, 0.3) is 0 Å². The Morgan fingerprint density at radius 2 is 1.97 bits per heavy atom. The monoisotopic (exact) mass is 443 g/mol. The lowest BCUT2D eigenvalue weighted by Crippen LogP contribution is -2.44. The topological polar surface area (TPSA) is 78.9 Å². The van der Waals surface area contributed by atoms with Crippen molar-refractivity contribution in [2.75, 3.05) is 45.9 Å². The third-order valence-corrected chi connectivity index (χ3v) is 6.44. The van der Waals surface area contributed by atoms with E-state index in [9.17, 15) is 4.79 Å². The van der Waals surface area contributed by atoms with E-state index in [0.29, 0.717) is 32.8 Å². The Hall–Kier alpha value is -2.45. The standard InChI is InChI=1S/C23H33N5O2S/c1-4-24-23(25-11-10-21-27-17(2)18(3)31-21)26-16-20(19-8-6-5-7-9-19)22(29)28-12-14-30-15-13-28/h5-9,20H,4,10-16H2,1-3H3,(H2,24,25,26). The summed E-state index contributed by atoms with van der Waals surface area (Å²) >= 11 is 1.74. The molecule has 31 heavy (non-hydrogen) atoms. The second kappa shape index (κ2) is 11.8. The fourth-order valence-corrected chi connectivity index (χ4v) is 4.41. The van der Waals surface area contributed by atoms with Crippen LogP contribution in [0.15, 0.2) is 35.3 Å². The molecule has 0 aliphatic carbocycles. The van der Waals surface area contributed by atoms with Gasteiger partial charge in [-0.05, 0) is 26.3 Å². The first-order valence-corrected chi connectivity index (χ1v) is 11.8. The highest BCUT2D eigenvalue weighted by Gasteiger charge is 2.27. The van der Waals surface area contributed by atoms with Gasteiger partial charge in [-0.3, -0.25) is 9.79 Å². The fraction of sp³-hybridized carbons (Fsp3) is 0.522. The number of rotatable bonds is 8. The molecule has 0 saturated carbocycles. The van der Waals surface area contributed by atoms with Gasteiger partial charge in [-0.15, -0.1) is 11.3 Å². The highest BCUT2D eigenvalue weighted by Crippen LogP contribution is 2.20. The number of nitrogens with zero attached hydrogens (tertiary/aromatic N) is 3. The van der Waals surface area contributed by atoms with Crippen molar-refractivity contribution in [2.24, 2.45) is 4.99 Å². The number of carbonyl (C=O) groups is 1. The summed E-state index contributed by atoms with van der Waals surface area (Å²) in [7, 11) is 0. The summed E-state index contributed by atoms with van der Waals surface area (Å²) < 4.78 is 5.41. The van der Waals surface area contributed by atoms with Crippen LogP contribution in [0.2, 0.25) is 0 Å². The molecule has 0 bridgehead atoms. The largest absolute Gasteiger partial charge is 0.378 e. The van der Waals surface area contributed by atoms with E-state index in [0.717, 1.165) is 41.7 Å². The Labute approximate surface area is 188 Å². The Balaban J connectivity index is 1.66. The molecule has 2 N–H and O–H groups in total. The van der Waals surface area contributed by atoms with E-state index in [2.05, 4.69) is 22.5 Å². The van der Waals surface area contributed by atoms with Crippen molar-refractivity contribution in [1.29, 1.82) is 0 Å². The first-order valence-electron chi connectivity index (χ1n) is 10.9. The van der Waals surface area contributed by atoms with Crippen molar-refractivity contribution in [3.8, 4) is 0 Å². The highest BCUT2D eigenvalue weighted by molar-refractivity contribution is 7.11. The molecule has 1 aliphatic rings. The van der Waals surface area contributed by atoms with Gasteiger partial charge in [-0.25, -0.2) is 4.98 Å². The average Bonchev–Trinajstić information content (AvgIpc) is 3.12. The molecular weight excluding hydrogens is 410 g/mol. The van der Waals surface area contributed by atoms with Gasteiger partial charge in [-0.1, -0.05) is 30.3 Å². The molecule has 2 heterocycles. The normalized spacial score (nSPS) is 15.6. The number of aryl methyl sites for hydroxylation is 2. The van der Waals surface area contributed by atoms with Crippen LogP contribution >= 0.6 is 11.3 Å². The molecule has 168 valence electrons. The zero-order valence-corrected chi connectivity index (χ0v) is 19.5. The van der Waals surface area contributed by atoms with Crippen LogP contribution in [0.25, 0.3) is 0 Å². The Kier molecular flexibility index (Phi) is 8.85. The van der Waals surface area contributed by atoms with Gasteiger partial charge < -0.3 is 20.3 Å². The second-order valence-corrected chi connectivity index (χ2v) is 8.83. The third-order valence-electron chi connectivity index (χ3n) is 5.30. The molecule has 1 unspecified atom stereocenters. The second-order valence-electron chi connectivity index (χ2n) is 7.55. The van der Waals surface area contributed by atoms with E-state index >= 15 is 0 Å². The van der Waals surface area contributed by atoms with Gasteiger partial charge in [0.15, 0.2) is 5.96 Å². The van der Waals surface area contributed by atoms with Crippen LogP contribution in [0.4, 0.5) is 0 Å². The maximum Gasteiger partial charge on any atom is 0.232 e. The smallest absolute Gasteiger partial charge is 0.232 e. The lowest BCUT2D eigenvalue weighted by Gasteiger charge is -2.30. The third kappa shape index (κ3) is 6.77. The zero-order valence-electron chi connectivity index (χ0n) is 18.7. The van der Waals surface area contributed by atoms with E-state index in [1.54, 1.807) is 11.3 Å². The van der Waals surface area contributed by atoms with E-state index in [1.807, 2.05) is 49.1 Å². The summed E-state index contributed by atoms with van der Waals surface area (Å²) in [6.45, 7) is 10.5. The molecule has 1 aromatic heterocycles. The minimum Gasteiger partial charge on any atom is -0.378 e. The van der Waals surface area contributed by atoms with Crippen LogP contribution in [-0.2, 0) is 16.0 Å². The number of amides is 1. The van der Waals surface area contributed by atoms with Crippen LogP contribution in [0.1, 0.15) is 34.0 Å². The zero-order chi connectivity index (χ0) is 22.1. The van der Waals surface area contributed by atoms with Crippen LogP contribution < -0.4 is 10.6 Å². The van der Waals surface area contributed by atoms with E-state index in [-0.39, 0.29) is 11.8 Å². The maximum atomic E-state index is 13.3. The van der Waals surface area contributed by atoms with Gasteiger partial charge in [0.2, 0.25) is 5.91 Å². The summed E-state index contributed by atoms with van der Waals surface area (Å²) in [6.07, 6.45) is 0.846. The van der Waals surface area contributed by atoms with E-state index in [1.165, 1.54) is 4.88 Å². The molecule has 1 fully saturated rings. The highest BCUT2D eigenvalue weighted by atomic mass is 32.1. The molecule has 1 aromatic carbocycles. The van der Waals surface area contributed by atoms with Gasteiger partial charge in [0.05, 0.1) is 36.4 Å². The molecule has 2 aromatic rings. The molecule has 0 spiro atoms. The SMILES string of the molecule is CCNC(=NCC(C(=O)N1CCOCC1)c1ccccc1)NCCc1nc(C)c(C)s1. The van der Waals surface area contributed by atoms with Crippen LogP contribution in [-0.4, -0.2) is 67.7 Å². The van der Waals surface area contributed by atoms with Gasteiger partial charge in [0.1, 0.15) is 0 Å². The fourth-order valence-electron chi connectivity index (χ4n) is 3.47. The maximum absolute atomic E-state index is 13.3. The Bertz CT molecular complexity index is 843. The minimum absolute atomic E-state index is 0.114. The molecule has 7 nitrogen and oxygen atoms in total. The molecular formula is C23H33N5O2S. The van der Waals surface area contributed by atoms with Crippen molar-refractivity contribution in [3.05, 3.63) is 51.5 Å². The number of thiazole rings is 1. The Morgan fingerprint density at radius 3 is 2.61 bits per heavy atom. The number of benzene rings is 1.